The lowest BCUT2D eigenvalue weighted by Crippen LogP contribution is -2.45. The van der Waals surface area contributed by atoms with Crippen LogP contribution in [0.25, 0.3) is 0 Å². The Morgan fingerprint density at radius 3 is 2.55 bits per heavy atom. The molecule has 110 valence electrons. The van der Waals surface area contributed by atoms with Crippen LogP contribution in [-0.4, -0.2) is 29.8 Å². The molecule has 3 unspecified atom stereocenters. The first-order chi connectivity index (χ1) is 9.48. The summed E-state index contributed by atoms with van der Waals surface area (Å²) in [6.45, 7) is 1.94. The zero-order valence-corrected chi connectivity index (χ0v) is 11.5. The van der Waals surface area contributed by atoms with E-state index in [2.05, 4.69) is 0 Å². The first kappa shape index (κ1) is 14.9. The third-order valence-electron chi connectivity index (χ3n) is 4.05. The number of hydrogen-bond acceptors (Lipinski definition) is 3. The van der Waals surface area contributed by atoms with Gasteiger partial charge in [0.15, 0.2) is 0 Å². The van der Waals surface area contributed by atoms with Gasteiger partial charge in [0.25, 0.3) is 0 Å². The summed E-state index contributed by atoms with van der Waals surface area (Å²) in [5.74, 6) is -1.38. The van der Waals surface area contributed by atoms with E-state index >= 15 is 0 Å². The molecule has 0 aromatic heterocycles. The third kappa shape index (κ3) is 2.83. The van der Waals surface area contributed by atoms with E-state index in [1.807, 2.05) is 6.92 Å². The summed E-state index contributed by atoms with van der Waals surface area (Å²) >= 11 is 0. The second-order valence-corrected chi connectivity index (χ2v) is 5.45. The number of aliphatic carboxylic acids is 1. The topological polar surface area (TPSA) is 72.6 Å². The minimum Gasteiger partial charge on any atom is -0.481 e. The van der Waals surface area contributed by atoms with Gasteiger partial charge in [-0.15, -0.1) is 0 Å². The average molecular weight is 281 g/mol. The van der Waals surface area contributed by atoms with E-state index in [-0.39, 0.29) is 18.8 Å². The number of ether oxygens (including phenoxy) is 1. The van der Waals surface area contributed by atoms with Crippen LogP contribution in [-0.2, 0) is 14.9 Å². The van der Waals surface area contributed by atoms with Gasteiger partial charge in [-0.25, -0.2) is 4.39 Å². The Morgan fingerprint density at radius 2 is 2.10 bits per heavy atom. The molecule has 0 bridgehead atoms. The number of carboxylic acid groups (broad SMARTS) is 1. The van der Waals surface area contributed by atoms with E-state index in [1.54, 1.807) is 0 Å². The van der Waals surface area contributed by atoms with Crippen LogP contribution in [0.5, 0.6) is 0 Å². The van der Waals surface area contributed by atoms with Crippen molar-refractivity contribution in [1.29, 1.82) is 0 Å². The molecule has 1 aromatic rings. The summed E-state index contributed by atoms with van der Waals surface area (Å²) in [5, 5.41) is 9.64. The number of nitrogens with two attached hydrogens (primary N) is 1. The summed E-state index contributed by atoms with van der Waals surface area (Å²) in [6, 6.07) is 5.52. The molecule has 0 spiro atoms. The number of rotatable bonds is 5. The number of carbonyl (C=O) groups is 1. The highest BCUT2D eigenvalue weighted by molar-refractivity contribution is 5.81. The monoisotopic (exact) mass is 281 g/mol. The Balaban J connectivity index is 2.29. The van der Waals surface area contributed by atoms with E-state index in [1.165, 1.54) is 24.3 Å². The van der Waals surface area contributed by atoms with Gasteiger partial charge in [-0.05, 0) is 43.9 Å². The fourth-order valence-electron chi connectivity index (χ4n) is 2.81. The molecule has 0 saturated carbocycles. The van der Waals surface area contributed by atoms with Crippen molar-refractivity contribution < 1.29 is 19.0 Å². The molecule has 1 aliphatic rings. The average Bonchev–Trinajstić information content (AvgIpc) is 2.82. The van der Waals surface area contributed by atoms with Gasteiger partial charge in [0, 0.05) is 6.54 Å². The normalized spacial score (nSPS) is 25.4. The van der Waals surface area contributed by atoms with E-state index in [4.69, 9.17) is 10.5 Å². The van der Waals surface area contributed by atoms with Gasteiger partial charge in [-0.2, -0.15) is 0 Å². The van der Waals surface area contributed by atoms with Crippen molar-refractivity contribution >= 4 is 5.97 Å². The van der Waals surface area contributed by atoms with Gasteiger partial charge in [0.05, 0.1) is 12.2 Å². The van der Waals surface area contributed by atoms with Gasteiger partial charge in [-0.1, -0.05) is 12.1 Å². The predicted molar refractivity (Wildman–Crippen MR) is 73.0 cm³/mol. The molecule has 3 N–H and O–H groups in total. The minimum atomic E-state index is -1.22. The number of benzene rings is 1. The molecule has 0 radical (unpaired) electrons. The molecule has 3 atom stereocenters. The summed E-state index contributed by atoms with van der Waals surface area (Å²) < 4.78 is 18.8. The second-order valence-electron chi connectivity index (χ2n) is 5.45. The maximum absolute atomic E-state index is 13.0. The highest BCUT2D eigenvalue weighted by Gasteiger charge is 2.42. The van der Waals surface area contributed by atoms with E-state index < -0.39 is 17.2 Å². The first-order valence-electron chi connectivity index (χ1n) is 6.83. The van der Waals surface area contributed by atoms with Crippen molar-refractivity contribution in [2.45, 2.75) is 43.8 Å². The predicted octanol–water partition coefficient (Wildman–Crippen LogP) is 2.06. The van der Waals surface area contributed by atoms with Crippen molar-refractivity contribution in [3.05, 3.63) is 35.6 Å². The summed E-state index contributed by atoms with van der Waals surface area (Å²) in [7, 11) is 0. The Kier molecular flexibility index (Phi) is 4.40. The van der Waals surface area contributed by atoms with Crippen molar-refractivity contribution in [3.63, 3.8) is 0 Å². The summed E-state index contributed by atoms with van der Waals surface area (Å²) in [4.78, 5) is 11.8. The van der Waals surface area contributed by atoms with Crippen molar-refractivity contribution in [3.8, 4) is 0 Å². The van der Waals surface area contributed by atoms with Gasteiger partial charge in [0.2, 0.25) is 0 Å². The Bertz CT molecular complexity index is 477. The van der Waals surface area contributed by atoms with Crippen LogP contribution in [0, 0.1) is 5.82 Å². The zero-order valence-electron chi connectivity index (χ0n) is 11.5. The zero-order chi connectivity index (χ0) is 14.8. The summed E-state index contributed by atoms with van der Waals surface area (Å²) in [5.41, 5.74) is 5.07. The van der Waals surface area contributed by atoms with Crippen LogP contribution in [0.1, 0.15) is 31.7 Å². The minimum absolute atomic E-state index is 0.0395. The molecule has 1 fully saturated rings. The largest absolute Gasteiger partial charge is 0.481 e. The molecule has 0 amide bonds. The molecule has 4 nitrogen and oxygen atoms in total. The summed E-state index contributed by atoms with van der Waals surface area (Å²) in [6.07, 6.45) is 2.10. The quantitative estimate of drug-likeness (QED) is 0.866. The Labute approximate surface area is 117 Å². The van der Waals surface area contributed by atoms with Crippen LogP contribution in [0.3, 0.4) is 0 Å². The number of carboxylic acids is 1. The van der Waals surface area contributed by atoms with Gasteiger partial charge in [0.1, 0.15) is 11.2 Å². The van der Waals surface area contributed by atoms with Crippen LogP contribution >= 0.6 is 0 Å². The smallest absolute Gasteiger partial charge is 0.315 e. The maximum Gasteiger partial charge on any atom is 0.315 e. The highest BCUT2D eigenvalue weighted by atomic mass is 19.1. The highest BCUT2D eigenvalue weighted by Crippen LogP contribution is 2.34. The van der Waals surface area contributed by atoms with Gasteiger partial charge in [-0.3, -0.25) is 4.79 Å². The molecule has 1 aromatic carbocycles. The van der Waals surface area contributed by atoms with Crippen molar-refractivity contribution in [2.75, 3.05) is 6.54 Å². The van der Waals surface area contributed by atoms with E-state index in [0.717, 1.165) is 12.8 Å². The third-order valence-corrected chi connectivity index (χ3v) is 4.05. The molecule has 1 heterocycles. The number of halogens is 1. The SMILES string of the molecule is CC1CCC(CC(CN)(C(=O)O)c2ccc(F)cc2)O1. The first-order valence-corrected chi connectivity index (χ1v) is 6.83. The lowest BCUT2D eigenvalue weighted by molar-refractivity contribution is -0.145. The van der Waals surface area contributed by atoms with Crippen LogP contribution in [0.15, 0.2) is 24.3 Å². The number of hydrogen-bond donors (Lipinski definition) is 2. The van der Waals surface area contributed by atoms with Crippen molar-refractivity contribution in [1.82, 2.24) is 0 Å². The Morgan fingerprint density at radius 1 is 1.45 bits per heavy atom. The van der Waals surface area contributed by atoms with Gasteiger partial charge < -0.3 is 15.6 Å². The molecule has 1 aliphatic heterocycles. The van der Waals surface area contributed by atoms with E-state index in [9.17, 15) is 14.3 Å². The molecule has 5 heteroatoms. The lowest BCUT2D eigenvalue weighted by Gasteiger charge is -2.31. The molecular formula is C15H20FNO3. The fraction of sp³-hybridized carbons (Fsp3) is 0.533. The lowest BCUT2D eigenvalue weighted by atomic mass is 9.75. The maximum atomic E-state index is 13.0. The van der Waals surface area contributed by atoms with Crippen LogP contribution < -0.4 is 5.73 Å². The fourth-order valence-corrected chi connectivity index (χ4v) is 2.81. The molecule has 1 saturated heterocycles. The molecular weight excluding hydrogens is 261 g/mol. The van der Waals surface area contributed by atoms with Crippen molar-refractivity contribution in [2.24, 2.45) is 5.73 Å². The molecule has 2 rings (SSSR count). The molecule has 0 aliphatic carbocycles. The van der Waals surface area contributed by atoms with E-state index in [0.29, 0.717) is 12.0 Å². The Hall–Kier alpha value is -1.46. The standard InChI is InChI=1S/C15H20FNO3/c1-10-2-7-13(20-10)8-15(9-17,14(18)19)11-3-5-12(16)6-4-11/h3-6,10,13H,2,7-9,17H2,1H3,(H,18,19). The van der Waals surface area contributed by atoms with Crippen LogP contribution in [0.2, 0.25) is 0 Å². The van der Waals surface area contributed by atoms with Gasteiger partial charge >= 0.3 is 5.97 Å². The second kappa shape index (κ2) is 5.89. The van der Waals surface area contributed by atoms with Crippen LogP contribution in [0.4, 0.5) is 4.39 Å². The molecule has 20 heavy (non-hydrogen) atoms.